The first-order chi connectivity index (χ1) is 11.7. The first kappa shape index (κ1) is 19.5. The highest BCUT2D eigenvalue weighted by molar-refractivity contribution is 5.82. The average Bonchev–Trinajstić information content (AvgIpc) is 2.95. The molecule has 3 fully saturated rings. The van der Waals surface area contributed by atoms with Crippen LogP contribution >= 0.6 is 0 Å². The van der Waals surface area contributed by atoms with Gasteiger partial charge >= 0.3 is 0 Å². The number of β-amino-alcohol motifs (C(OH)–C–C–N with tert-alkyl or cyclic N) is 2. The molecule has 0 saturated carbocycles. The standard InChI is InChI=1S/C18H30N2O6/c1-15(2,3)13(21)19-7-11-17(23,9-19)26-12-8-20(10-18(12,24)25-11)14(22)16(4,5)6/h11-12,23-24H,7-10H2,1-6H3/t11-,12-,17+,18+/m0/s1. The van der Waals surface area contributed by atoms with E-state index in [0.717, 1.165) is 0 Å². The van der Waals surface area contributed by atoms with Crippen molar-refractivity contribution in [3.8, 4) is 0 Å². The Balaban J connectivity index is 1.76. The normalized spacial score (nSPS) is 37.5. The lowest BCUT2D eigenvalue weighted by Crippen LogP contribution is -2.63. The summed E-state index contributed by atoms with van der Waals surface area (Å²) >= 11 is 0. The van der Waals surface area contributed by atoms with Gasteiger partial charge < -0.3 is 29.5 Å². The van der Waals surface area contributed by atoms with Crippen LogP contribution in [0.25, 0.3) is 0 Å². The zero-order chi connectivity index (χ0) is 19.7. The number of rotatable bonds is 0. The van der Waals surface area contributed by atoms with Crippen molar-refractivity contribution in [1.82, 2.24) is 9.80 Å². The van der Waals surface area contributed by atoms with Crippen LogP contribution in [-0.2, 0) is 19.1 Å². The Kier molecular flexibility index (Phi) is 4.24. The highest BCUT2D eigenvalue weighted by Gasteiger charge is 2.64. The Morgan fingerprint density at radius 1 is 0.808 bits per heavy atom. The van der Waals surface area contributed by atoms with Crippen LogP contribution in [0.4, 0.5) is 0 Å². The molecule has 8 nitrogen and oxygen atoms in total. The highest BCUT2D eigenvalue weighted by Crippen LogP contribution is 2.42. The van der Waals surface area contributed by atoms with Gasteiger partial charge in [-0.3, -0.25) is 9.59 Å². The van der Waals surface area contributed by atoms with Crippen LogP contribution in [0.2, 0.25) is 0 Å². The van der Waals surface area contributed by atoms with E-state index in [4.69, 9.17) is 9.47 Å². The van der Waals surface area contributed by atoms with Gasteiger partial charge in [0.25, 0.3) is 0 Å². The number of hydrogen-bond donors (Lipinski definition) is 2. The van der Waals surface area contributed by atoms with Crippen molar-refractivity contribution < 1.29 is 29.3 Å². The van der Waals surface area contributed by atoms with Crippen LogP contribution in [-0.4, -0.2) is 81.8 Å². The summed E-state index contributed by atoms with van der Waals surface area (Å²) in [6.07, 6.45) is -1.72. The van der Waals surface area contributed by atoms with Crippen LogP contribution in [0.1, 0.15) is 41.5 Å². The second kappa shape index (κ2) is 5.64. The fourth-order valence-electron chi connectivity index (χ4n) is 3.80. The number of likely N-dealkylation sites (tertiary alicyclic amines) is 2. The second-order valence-electron chi connectivity index (χ2n) is 9.77. The Bertz CT molecular complexity index is 570. The van der Waals surface area contributed by atoms with E-state index in [9.17, 15) is 19.8 Å². The van der Waals surface area contributed by atoms with Gasteiger partial charge in [0, 0.05) is 10.8 Å². The summed E-state index contributed by atoms with van der Waals surface area (Å²) in [6, 6.07) is 0. The molecule has 0 spiro atoms. The minimum absolute atomic E-state index is 0.0203. The molecule has 3 saturated heterocycles. The molecule has 3 rings (SSSR count). The van der Waals surface area contributed by atoms with Gasteiger partial charge in [-0.1, -0.05) is 41.5 Å². The number of nitrogens with zero attached hydrogens (tertiary/aromatic N) is 2. The SMILES string of the molecule is CC(C)(C)C(=O)N1C[C@@H]2O[C@]3(O)CN(C(=O)C(C)(C)C)C[C@@H]3O[C@]2(O)C1. The van der Waals surface area contributed by atoms with E-state index in [1.165, 1.54) is 9.80 Å². The van der Waals surface area contributed by atoms with Gasteiger partial charge in [0.2, 0.25) is 23.4 Å². The molecule has 0 aromatic heterocycles. The number of amides is 2. The molecule has 26 heavy (non-hydrogen) atoms. The van der Waals surface area contributed by atoms with Crippen LogP contribution in [0.5, 0.6) is 0 Å². The molecule has 3 aliphatic rings. The fourth-order valence-corrected chi connectivity index (χ4v) is 3.80. The number of ether oxygens (including phenoxy) is 2. The van der Waals surface area contributed by atoms with Crippen molar-refractivity contribution in [3.63, 3.8) is 0 Å². The topological polar surface area (TPSA) is 99.5 Å². The lowest BCUT2D eigenvalue weighted by molar-refractivity contribution is -0.396. The van der Waals surface area contributed by atoms with E-state index in [0.29, 0.717) is 0 Å². The summed E-state index contributed by atoms with van der Waals surface area (Å²) in [5.74, 6) is -3.60. The van der Waals surface area contributed by atoms with Crippen LogP contribution in [0.15, 0.2) is 0 Å². The minimum Gasteiger partial charge on any atom is -0.362 e. The lowest BCUT2D eigenvalue weighted by atomic mass is 9.95. The third kappa shape index (κ3) is 3.13. The molecule has 2 amide bonds. The Labute approximate surface area is 154 Å². The zero-order valence-electron chi connectivity index (χ0n) is 16.4. The molecule has 0 aliphatic carbocycles. The van der Waals surface area contributed by atoms with E-state index in [1.54, 1.807) is 41.5 Å². The molecule has 0 bridgehead atoms. The van der Waals surface area contributed by atoms with Gasteiger partial charge in [-0.15, -0.1) is 0 Å². The number of aliphatic hydroxyl groups is 2. The van der Waals surface area contributed by atoms with Crippen molar-refractivity contribution in [2.75, 3.05) is 26.2 Å². The number of carbonyl (C=O) groups excluding carboxylic acids is 2. The Hall–Kier alpha value is -1.22. The van der Waals surface area contributed by atoms with Gasteiger partial charge in [0.1, 0.15) is 12.2 Å². The van der Waals surface area contributed by atoms with Crippen LogP contribution in [0.3, 0.4) is 0 Å². The minimum atomic E-state index is -1.68. The predicted octanol–water partition coefficient (Wildman–Crippen LogP) is -0.0758. The molecule has 148 valence electrons. The summed E-state index contributed by atoms with van der Waals surface area (Å²) < 4.78 is 11.6. The molecule has 2 N–H and O–H groups in total. The summed E-state index contributed by atoms with van der Waals surface area (Å²) in [4.78, 5) is 28.1. The monoisotopic (exact) mass is 370 g/mol. The molecular weight excluding hydrogens is 340 g/mol. The van der Waals surface area contributed by atoms with Gasteiger partial charge in [-0.05, 0) is 0 Å². The van der Waals surface area contributed by atoms with Crippen LogP contribution < -0.4 is 0 Å². The Morgan fingerprint density at radius 2 is 1.12 bits per heavy atom. The molecular formula is C18H30N2O6. The smallest absolute Gasteiger partial charge is 0.228 e. The van der Waals surface area contributed by atoms with E-state index >= 15 is 0 Å². The quantitative estimate of drug-likeness (QED) is 0.619. The first-order valence-electron chi connectivity index (χ1n) is 9.05. The molecule has 0 unspecified atom stereocenters. The van der Waals surface area contributed by atoms with Gasteiger partial charge in [0.15, 0.2) is 0 Å². The van der Waals surface area contributed by atoms with Gasteiger partial charge in [-0.25, -0.2) is 0 Å². The van der Waals surface area contributed by atoms with E-state index < -0.39 is 34.6 Å². The Morgan fingerprint density at radius 3 is 1.38 bits per heavy atom. The van der Waals surface area contributed by atoms with Crippen LogP contribution in [0, 0.1) is 10.8 Å². The molecule has 4 atom stereocenters. The molecule has 0 aromatic rings. The summed E-state index contributed by atoms with van der Waals surface area (Å²) in [5, 5.41) is 21.8. The van der Waals surface area contributed by atoms with Gasteiger partial charge in [0.05, 0.1) is 26.2 Å². The average molecular weight is 370 g/mol. The fraction of sp³-hybridized carbons (Fsp3) is 0.889. The maximum absolute atomic E-state index is 12.5. The summed E-state index contributed by atoms with van der Waals surface area (Å²) in [7, 11) is 0. The van der Waals surface area contributed by atoms with E-state index in [2.05, 4.69) is 0 Å². The van der Waals surface area contributed by atoms with E-state index in [1.807, 2.05) is 0 Å². The molecule has 0 radical (unpaired) electrons. The predicted molar refractivity (Wildman–Crippen MR) is 91.7 cm³/mol. The molecule has 8 heteroatoms. The first-order valence-corrected chi connectivity index (χ1v) is 9.05. The van der Waals surface area contributed by atoms with Crippen molar-refractivity contribution in [2.24, 2.45) is 10.8 Å². The third-order valence-corrected chi connectivity index (χ3v) is 5.16. The van der Waals surface area contributed by atoms with Crippen molar-refractivity contribution in [1.29, 1.82) is 0 Å². The van der Waals surface area contributed by atoms with Crippen molar-refractivity contribution in [3.05, 3.63) is 0 Å². The number of carbonyl (C=O) groups is 2. The largest absolute Gasteiger partial charge is 0.362 e. The number of hydrogen-bond acceptors (Lipinski definition) is 6. The zero-order valence-corrected chi connectivity index (χ0v) is 16.4. The van der Waals surface area contributed by atoms with Gasteiger partial charge in [-0.2, -0.15) is 0 Å². The maximum atomic E-state index is 12.5. The van der Waals surface area contributed by atoms with E-state index in [-0.39, 0.29) is 38.0 Å². The molecule has 0 aromatic carbocycles. The lowest BCUT2D eigenvalue weighted by Gasteiger charge is -2.43. The molecule has 3 aliphatic heterocycles. The second-order valence-corrected chi connectivity index (χ2v) is 9.77. The highest BCUT2D eigenvalue weighted by atomic mass is 16.7. The van der Waals surface area contributed by atoms with Crippen molar-refractivity contribution >= 4 is 11.8 Å². The number of fused-ring (bicyclic) bond motifs is 2. The van der Waals surface area contributed by atoms with Crippen molar-refractivity contribution in [2.45, 2.75) is 65.3 Å². The third-order valence-electron chi connectivity index (χ3n) is 5.16. The molecule has 3 heterocycles. The summed E-state index contributed by atoms with van der Waals surface area (Å²) in [5.41, 5.74) is -1.18. The summed E-state index contributed by atoms with van der Waals surface area (Å²) in [6.45, 7) is 11.1. The maximum Gasteiger partial charge on any atom is 0.228 e.